The fourth-order valence-corrected chi connectivity index (χ4v) is 3.21. The minimum Gasteiger partial charge on any atom is -0.495 e. The Labute approximate surface area is 164 Å². The van der Waals surface area contributed by atoms with Gasteiger partial charge in [0.25, 0.3) is 0 Å². The fourth-order valence-electron chi connectivity index (χ4n) is 3.21. The maximum Gasteiger partial charge on any atom is 0.340 e. The molecule has 7 nitrogen and oxygen atoms in total. The van der Waals surface area contributed by atoms with Crippen molar-refractivity contribution in [3.05, 3.63) is 54.1 Å². The van der Waals surface area contributed by atoms with Crippen molar-refractivity contribution in [1.29, 1.82) is 0 Å². The summed E-state index contributed by atoms with van der Waals surface area (Å²) in [6.07, 6.45) is 0. The van der Waals surface area contributed by atoms with E-state index in [0.717, 1.165) is 11.4 Å². The van der Waals surface area contributed by atoms with Crippen LogP contribution in [0.4, 0.5) is 16.2 Å². The standard InChI is InChI=1S/C21H25N3O4/c1-3-28-20(25)16-8-4-5-9-17(16)22-21(26)24-14-12-23(13-15-24)18-10-6-7-11-19(18)27-2/h4-11H,3,12-15H2,1-2H3,(H,22,26). The molecule has 0 bridgehead atoms. The predicted octanol–water partition coefficient (Wildman–Crippen LogP) is 3.23. The highest BCUT2D eigenvalue weighted by atomic mass is 16.5. The van der Waals surface area contributed by atoms with Gasteiger partial charge in [0.05, 0.1) is 30.7 Å². The van der Waals surface area contributed by atoms with Crippen LogP contribution in [0.2, 0.25) is 0 Å². The molecule has 148 valence electrons. The van der Waals surface area contributed by atoms with Gasteiger partial charge in [-0.2, -0.15) is 0 Å². The van der Waals surface area contributed by atoms with E-state index < -0.39 is 5.97 Å². The number of anilines is 2. The third kappa shape index (κ3) is 4.36. The Bertz CT molecular complexity index is 832. The lowest BCUT2D eigenvalue weighted by molar-refractivity contribution is 0.0527. The lowest BCUT2D eigenvalue weighted by Crippen LogP contribution is -2.50. The van der Waals surface area contributed by atoms with Gasteiger partial charge in [0, 0.05) is 26.2 Å². The summed E-state index contributed by atoms with van der Waals surface area (Å²) in [5, 5.41) is 2.84. The molecule has 2 aromatic carbocycles. The molecule has 0 unspecified atom stereocenters. The molecule has 7 heteroatoms. The quantitative estimate of drug-likeness (QED) is 0.803. The zero-order chi connectivity index (χ0) is 19.9. The summed E-state index contributed by atoms with van der Waals surface area (Å²) in [5.74, 6) is 0.378. The normalized spacial score (nSPS) is 13.8. The second-order valence-corrected chi connectivity index (χ2v) is 6.34. The van der Waals surface area contributed by atoms with Gasteiger partial charge < -0.3 is 24.6 Å². The number of hydrogen-bond acceptors (Lipinski definition) is 5. The van der Waals surface area contributed by atoms with Gasteiger partial charge >= 0.3 is 12.0 Å². The Kier molecular flexibility index (Phi) is 6.37. The Morgan fingerprint density at radius 2 is 1.68 bits per heavy atom. The van der Waals surface area contributed by atoms with Gasteiger partial charge in [-0.1, -0.05) is 24.3 Å². The molecule has 1 heterocycles. The first-order valence-corrected chi connectivity index (χ1v) is 9.34. The highest BCUT2D eigenvalue weighted by Gasteiger charge is 2.24. The summed E-state index contributed by atoms with van der Waals surface area (Å²) in [4.78, 5) is 28.7. The predicted molar refractivity (Wildman–Crippen MR) is 108 cm³/mol. The van der Waals surface area contributed by atoms with Gasteiger partial charge in [-0.15, -0.1) is 0 Å². The first-order valence-electron chi connectivity index (χ1n) is 9.34. The third-order valence-electron chi connectivity index (χ3n) is 4.66. The second kappa shape index (κ2) is 9.12. The lowest BCUT2D eigenvalue weighted by atomic mass is 10.2. The minimum absolute atomic E-state index is 0.226. The van der Waals surface area contributed by atoms with Gasteiger partial charge in [0.2, 0.25) is 0 Å². The number of nitrogens with one attached hydrogen (secondary N) is 1. The molecule has 28 heavy (non-hydrogen) atoms. The number of para-hydroxylation sites is 3. The molecule has 2 amide bonds. The molecule has 0 aromatic heterocycles. The topological polar surface area (TPSA) is 71.1 Å². The van der Waals surface area contributed by atoms with E-state index in [9.17, 15) is 9.59 Å². The van der Waals surface area contributed by atoms with Crippen LogP contribution in [0.25, 0.3) is 0 Å². The van der Waals surface area contributed by atoms with Crippen molar-refractivity contribution in [3.8, 4) is 5.75 Å². The number of urea groups is 1. The van der Waals surface area contributed by atoms with Gasteiger partial charge in [0.15, 0.2) is 0 Å². The van der Waals surface area contributed by atoms with Crippen LogP contribution in [0, 0.1) is 0 Å². The average molecular weight is 383 g/mol. The first-order chi connectivity index (χ1) is 13.6. The molecule has 2 aromatic rings. The SMILES string of the molecule is CCOC(=O)c1ccccc1NC(=O)N1CCN(c2ccccc2OC)CC1. The number of rotatable bonds is 5. The van der Waals surface area contributed by atoms with Crippen LogP contribution in [0.5, 0.6) is 5.75 Å². The molecule has 1 aliphatic heterocycles. The molecule has 0 aliphatic carbocycles. The summed E-state index contributed by atoms with van der Waals surface area (Å²) < 4.78 is 10.5. The lowest BCUT2D eigenvalue weighted by Gasteiger charge is -2.36. The van der Waals surface area contributed by atoms with Crippen LogP contribution in [0.3, 0.4) is 0 Å². The van der Waals surface area contributed by atoms with E-state index in [1.54, 1.807) is 43.2 Å². The molecule has 0 saturated carbocycles. The molecule has 1 saturated heterocycles. The number of carbonyl (C=O) groups is 2. The van der Waals surface area contributed by atoms with Crippen molar-refractivity contribution in [1.82, 2.24) is 4.90 Å². The summed E-state index contributed by atoms with van der Waals surface area (Å²) in [7, 11) is 1.66. The number of nitrogens with zero attached hydrogens (tertiary/aromatic N) is 2. The summed E-state index contributed by atoms with van der Waals surface area (Å²) in [6.45, 7) is 4.59. The average Bonchev–Trinajstić information content (AvgIpc) is 2.74. The van der Waals surface area contributed by atoms with E-state index in [4.69, 9.17) is 9.47 Å². The number of benzene rings is 2. The highest BCUT2D eigenvalue weighted by molar-refractivity contribution is 6.00. The van der Waals surface area contributed by atoms with Gasteiger partial charge in [-0.25, -0.2) is 9.59 Å². The van der Waals surface area contributed by atoms with Gasteiger partial charge in [-0.05, 0) is 31.2 Å². The summed E-state index contributed by atoms with van der Waals surface area (Å²) in [5.41, 5.74) is 1.83. The van der Waals surface area contributed by atoms with Crippen molar-refractivity contribution in [2.24, 2.45) is 0 Å². The highest BCUT2D eigenvalue weighted by Crippen LogP contribution is 2.28. The van der Waals surface area contributed by atoms with Crippen molar-refractivity contribution in [3.63, 3.8) is 0 Å². The zero-order valence-electron chi connectivity index (χ0n) is 16.2. The number of esters is 1. The third-order valence-corrected chi connectivity index (χ3v) is 4.66. The van der Waals surface area contributed by atoms with Crippen LogP contribution in [0.15, 0.2) is 48.5 Å². The molecular weight excluding hydrogens is 358 g/mol. The second-order valence-electron chi connectivity index (χ2n) is 6.34. The number of ether oxygens (including phenoxy) is 2. The van der Waals surface area contributed by atoms with E-state index >= 15 is 0 Å². The minimum atomic E-state index is -0.445. The maximum atomic E-state index is 12.7. The number of piperazine rings is 1. The molecule has 0 radical (unpaired) electrons. The van der Waals surface area contributed by atoms with Crippen molar-refractivity contribution < 1.29 is 19.1 Å². The van der Waals surface area contributed by atoms with Crippen molar-refractivity contribution in [2.45, 2.75) is 6.92 Å². The van der Waals surface area contributed by atoms with Crippen LogP contribution in [-0.4, -0.2) is 56.8 Å². The van der Waals surface area contributed by atoms with Gasteiger partial charge in [-0.3, -0.25) is 0 Å². The van der Waals surface area contributed by atoms with E-state index in [-0.39, 0.29) is 12.6 Å². The number of amides is 2. The van der Waals surface area contributed by atoms with E-state index in [1.165, 1.54) is 0 Å². The summed E-state index contributed by atoms with van der Waals surface area (Å²) >= 11 is 0. The molecule has 0 atom stereocenters. The Hall–Kier alpha value is -3.22. The van der Waals surface area contributed by atoms with Crippen LogP contribution in [-0.2, 0) is 4.74 Å². The van der Waals surface area contributed by atoms with E-state index in [1.807, 2.05) is 24.3 Å². The number of methoxy groups -OCH3 is 1. The van der Waals surface area contributed by atoms with Crippen molar-refractivity contribution in [2.75, 3.05) is 50.1 Å². The van der Waals surface area contributed by atoms with Gasteiger partial charge in [0.1, 0.15) is 5.75 Å². The van der Waals surface area contributed by atoms with Crippen LogP contribution >= 0.6 is 0 Å². The number of hydrogen-bond donors (Lipinski definition) is 1. The van der Waals surface area contributed by atoms with Crippen LogP contribution < -0.4 is 15.0 Å². The molecule has 1 fully saturated rings. The summed E-state index contributed by atoms with van der Waals surface area (Å²) in [6, 6.07) is 14.5. The molecule has 1 N–H and O–H groups in total. The Balaban J connectivity index is 1.63. The largest absolute Gasteiger partial charge is 0.495 e. The Morgan fingerprint density at radius 1 is 1.00 bits per heavy atom. The Morgan fingerprint density at radius 3 is 2.39 bits per heavy atom. The van der Waals surface area contributed by atoms with E-state index in [0.29, 0.717) is 37.4 Å². The fraction of sp³-hybridized carbons (Fsp3) is 0.333. The first kappa shape index (κ1) is 19.5. The monoisotopic (exact) mass is 383 g/mol. The molecular formula is C21H25N3O4. The molecule has 3 rings (SSSR count). The molecule has 1 aliphatic rings. The molecule has 0 spiro atoms. The van der Waals surface area contributed by atoms with E-state index in [2.05, 4.69) is 10.2 Å². The smallest absolute Gasteiger partial charge is 0.340 e. The van der Waals surface area contributed by atoms with Crippen molar-refractivity contribution >= 4 is 23.4 Å². The zero-order valence-corrected chi connectivity index (χ0v) is 16.2. The number of carbonyl (C=O) groups excluding carboxylic acids is 2. The maximum absolute atomic E-state index is 12.7. The van der Waals surface area contributed by atoms with Crippen LogP contribution in [0.1, 0.15) is 17.3 Å².